The summed E-state index contributed by atoms with van der Waals surface area (Å²) in [5, 5.41) is 5.92. The molecule has 2 N–H and O–H groups in total. The lowest BCUT2D eigenvalue weighted by Gasteiger charge is -2.35. The van der Waals surface area contributed by atoms with Gasteiger partial charge in [0.05, 0.1) is 0 Å². The van der Waals surface area contributed by atoms with Crippen molar-refractivity contribution >= 4 is 11.6 Å². The van der Waals surface area contributed by atoms with E-state index in [1.807, 2.05) is 6.92 Å². The van der Waals surface area contributed by atoms with Crippen LogP contribution in [0.2, 0.25) is 0 Å². The van der Waals surface area contributed by atoms with Crippen molar-refractivity contribution < 1.29 is 8.78 Å². The molecule has 1 aromatic heterocycles. The summed E-state index contributed by atoms with van der Waals surface area (Å²) in [6.07, 6.45) is 0.923. The maximum atomic E-state index is 13.8. The third-order valence-corrected chi connectivity index (χ3v) is 3.70. The van der Waals surface area contributed by atoms with Gasteiger partial charge in [-0.1, -0.05) is 6.92 Å². The lowest BCUT2D eigenvalue weighted by atomic mass is 9.94. The van der Waals surface area contributed by atoms with Crippen molar-refractivity contribution in [3.63, 3.8) is 0 Å². The van der Waals surface area contributed by atoms with Gasteiger partial charge < -0.3 is 15.5 Å². The Morgan fingerprint density at radius 3 is 2.70 bits per heavy atom. The molecule has 112 valence electrons. The molecule has 1 fully saturated rings. The Kier molecular flexibility index (Phi) is 4.75. The molecule has 0 aromatic carbocycles. The lowest BCUT2D eigenvalue weighted by molar-refractivity contribution is 0.205. The molecule has 2 rings (SSSR count). The van der Waals surface area contributed by atoms with Crippen LogP contribution in [0.3, 0.4) is 0 Å². The molecule has 0 saturated carbocycles. The van der Waals surface area contributed by atoms with E-state index in [2.05, 4.69) is 34.5 Å². The summed E-state index contributed by atoms with van der Waals surface area (Å²) in [5.74, 6) is -0.690. The Hall–Kier alpha value is -1.43. The van der Waals surface area contributed by atoms with E-state index in [0.717, 1.165) is 25.6 Å². The van der Waals surface area contributed by atoms with Crippen LogP contribution >= 0.6 is 0 Å². The second kappa shape index (κ2) is 6.35. The molecule has 0 amide bonds. The van der Waals surface area contributed by atoms with Gasteiger partial charge in [0.25, 0.3) is 0 Å². The summed E-state index contributed by atoms with van der Waals surface area (Å²) in [7, 11) is 2.08. The van der Waals surface area contributed by atoms with Crippen molar-refractivity contribution in [2.45, 2.75) is 26.3 Å². The Morgan fingerprint density at radius 2 is 2.05 bits per heavy atom. The molecule has 1 aliphatic heterocycles. The maximum absolute atomic E-state index is 13.8. The van der Waals surface area contributed by atoms with Gasteiger partial charge in [-0.05, 0) is 32.9 Å². The van der Waals surface area contributed by atoms with Crippen LogP contribution in [-0.4, -0.2) is 42.6 Å². The van der Waals surface area contributed by atoms with E-state index in [9.17, 15) is 8.78 Å². The number of nitrogens with one attached hydrogen (secondary N) is 2. The van der Waals surface area contributed by atoms with Crippen LogP contribution in [-0.2, 0) is 0 Å². The molecule has 20 heavy (non-hydrogen) atoms. The average Bonchev–Trinajstić information content (AvgIpc) is 2.38. The largest absolute Gasteiger partial charge is 0.368 e. The Morgan fingerprint density at radius 1 is 1.35 bits per heavy atom. The predicted octanol–water partition coefficient (Wildman–Crippen LogP) is 2.54. The maximum Gasteiger partial charge on any atom is 0.168 e. The first-order valence-electron chi connectivity index (χ1n) is 7.06. The van der Waals surface area contributed by atoms with Crippen LogP contribution < -0.4 is 10.6 Å². The molecule has 0 radical (unpaired) electrons. The highest BCUT2D eigenvalue weighted by atomic mass is 19.1. The van der Waals surface area contributed by atoms with Crippen molar-refractivity contribution in [3.8, 4) is 0 Å². The number of hydrogen-bond acceptors (Lipinski definition) is 4. The van der Waals surface area contributed by atoms with Gasteiger partial charge in [0, 0.05) is 25.2 Å². The van der Waals surface area contributed by atoms with Crippen molar-refractivity contribution in [2.24, 2.45) is 5.92 Å². The summed E-state index contributed by atoms with van der Waals surface area (Å²) in [6.45, 7) is 6.43. The SMILES string of the molecule is CCNc1nc(NC2CCN(C)CC2C)c(F)cc1F. The normalized spacial score (nSPS) is 23.6. The second-order valence-corrected chi connectivity index (χ2v) is 5.46. The molecule has 2 unspecified atom stereocenters. The summed E-state index contributed by atoms with van der Waals surface area (Å²) < 4.78 is 27.4. The highest BCUT2D eigenvalue weighted by Crippen LogP contribution is 2.24. The van der Waals surface area contributed by atoms with Crippen molar-refractivity contribution in [2.75, 3.05) is 37.3 Å². The van der Waals surface area contributed by atoms with Gasteiger partial charge in [0.2, 0.25) is 0 Å². The minimum atomic E-state index is -0.661. The van der Waals surface area contributed by atoms with Gasteiger partial charge in [-0.15, -0.1) is 0 Å². The number of nitrogens with zero attached hydrogens (tertiary/aromatic N) is 2. The fraction of sp³-hybridized carbons (Fsp3) is 0.643. The summed E-state index contributed by atoms with van der Waals surface area (Å²) >= 11 is 0. The van der Waals surface area contributed by atoms with Crippen LogP contribution in [0.5, 0.6) is 0 Å². The zero-order valence-corrected chi connectivity index (χ0v) is 12.2. The summed E-state index contributed by atoms with van der Waals surface area (Å²) in [6, 6.07) is 1.04. The van der Waals surface area contributed by atoms with E-state index < -0.39 is 11.6 Å². The molecule has 4 nitrogen and oxygen atoms in total. The number of piperidine rings is 1. The van der Waals surface area contributed by atoms with E-state index in [4.69, 9.17) is 0 Å². The smallest absolute Gasteiger partial charge is 0.168 e. The van der Waals surface area contributed by atoms with Gasteiger partial charge in [-0.3, -0.25) is 0 Å². The fourth-order valence-electron chi connectivity index (χ4n) is 2.60. The number of likely N-dealkylation sites (tertiary alicyclic amines) is 1. The first kappa shape index (κ1) is 15.0. The Balaban J connectivity index is 2.14. The minimum absolute atomic E-state index is 0.0944. The predicted molar refractivity (Wildman–Crippen MR) is 77.0 cm³/mol. The molecular formula is C14H22F2N4. The summed E-state index contributed by atoms with van der Waals surface area (Å²) in [5.41, 5.74) is 0. The fourth-order valence-corrected chi connectivity index (χ4v) is 2.60. The molecule has 0 aliphatic carbocycles. The first-order chi connectivity index (χ1) is 9.51. The van der Waals surface area contributed by atoms with Gasteiger partial charge in [-0.25, -0.2) is 13.8 Å². The van der Waals surface area contributed by atoms with Crippen molar-refractivity contribution in [1.29, 1.82) is 0 Å². The second-order valence-electron chi connectivity index (χ2n) is 5.46. The molecule has 2 atom stereocenters. The monoisotopic (exact) mass is 284 g/mol. The topological polar surface area (TPSA) is 40.2 Å². The van der Waals surface area contributed by atoms with Gasteiger partial charge in [0.15, 0.2) is 23.3 Å². The van der Waals surface area contributed by atoms with E-state index in [0.29, 0.717) is 12.5 Å². The van der Waals surface area contributed by atoms with Crippen LogP contribution in [0, 0.1) is 17.6 Å². The van der Waals surface area contributed by atoms with Crippen LogP contribution in [0.25, 0.3) is 0 Å². The van der Waals surface area contributed by atoms with Crippen molar-refractivity contribution in [3.05, 3.63) is 17.7 Å². The molecule has 2 heterocycles. The van der Waals surface area contributed by atoms with E-state index in [1.54, 1.807) is 0 Å². The number of anilines is 2. The van der Waals surface area contributed by atoms with Crippen molar-refractivity contribution in [1.82, 2.24) is 9.88 Å². The van der Waals surface area contributed by atoms with E-state index in [1.165, 1.54) is 0 Å². The Bertz CT molecular complexity index is 467. The molecular weight excluding hydrogens is 262 g/mol. The highest BCUT2D eigenvalue weighted by Gasteiger charge is 2.25. The summed E-state index contributed by atoms with van der Waals surface area (Å²) in [4.78, 5) is 6.27. The first-order valence-corrected chi connectivity index (χ1v) is 7.06. The van der Waals surface area contributed by atoms with Crippen LogP contribution in [0.1, 0.15) is 20.3 Å². The molecule has 1 aliphatic rings. The lowest BCUT2D eigenvalue weighted by Crippen LogP contribution is -2.43. The van der Waals surface area contributed by atoms with Crippen LogP contribution in [0.15, 0.2) is 6.07 Å². The quantitative estimate of drug-likeness (QED) is 0.891. The molecule has 0 spiro atoms. The standard InChI is InChI=1S/C14H22F2N4/c1-4-17-13-10(15)7-11(16)14(19-13)18-12-5-6-20(3)8-9(12)2/h7,9,12H,4-6,8H2,1-3H3,(H2,17,18,19). The molecule has 0 bridgehead atoms. The zero-order chi connectivity index (χ0) is 14.7. The molecule has 1 aromatic rings. The minimum Gasteiger partial charge on any atom is -0.368 e. The Labute approximate surface area is 118 Å². The zero-order valence-electron chi connectivity index (χ0n) is 12.2. The average molecular weight is 284 g/mol. The van der Waals surface area contributed by atoms with Gasteiger partial charge >= 0.3 is 0 Å². The van der Waals surface area contributed by atoms with E-state index >= 15 is 0 Å². The van der Waals surface area contributed by atoms with E-state index in [-0.39, 0.29) is 17.7 Å². The molecule has 1 saturated heterocycles. The van der Waals surface area contributed by atoms with Gasteiger partial charge in [0.1, 0.15) is 0 Å². The highest BCUT2D eigenvalue weighted by molar-refractivity contribution is 5.48. The molecule has 6 heteroatoms. The van der Waals surface area contributed by atoms with Crippen LogP contribution in [0.4, 0.5) is 20.4 Å². The number of halogens is 2. The third-order valence-electron chi connectivity index (χ3n) is 3.70. The third kappa shape index (κ3) is 3.36. The van der Waals surface area contributed by atoms with Gasteiger partial charge in [-0.2, -0.15) is 0 Å². The number of aromatic nitrogens is 1. The number of pyridine rings is 1. The number of rotatable bonds is 4. The number of hydrogen-bond donors (Lipinski definition) is 2.